The van der Waals surface area contributed by atoms with E-state index in [1.54, 1.807) is 0 Å². The Morgan fingerprint density at radius 1 is 0.386 bits per heavy atom. The van der Waals surface area contributed by atoms with E-state index in [-0.39, 0.29) is 5.41 Å². The quantitative estimate of drug-likeness (QED) is 0.181. The van der Waals surface area contributed by atoms with Crippen molar-refractivity contribution in [3.05, 3.63) is 193 Å². The summed E-state index contributed by atoms with van der Waals surface area (Å²) in [6, 6.07) is 65.8. The van der Waals surface area contributed by atoms with E-state index in [1.165, 1.54) is 71.6 Å². The summed E-state index contributed by atoms with van der Waals surface area (Å²) >= 11 is 0. The van der Waals surface area contributed by atoms with Gasteiger partial charge in [-0.05, 0) is 89.0 Å². The molecule has 3 heterocycles. The van der Waals surface area contributed by atoms with Gasteiger partial charge in [0.05, 0.1) is 33.3 Å². The molecule has 0 saturated heterocycles. The molecule has 4 nitrogen and oxygen atoms in total. The van der Waals surface area contributed by atoms with Crippen molar-refractivity contribution in [2.75, 3.05) is 0 Å². The molecule has 4 heteroatoms. The Morgan fingerprint density at radius 3 is 1.67 bits per heavy atom. The van der Waals surface area contributed by atoms with Crippen LogP contribution in [0.3, 0.4) is 0 Å². The Kier molecular flexibility index (Phi) is 6.65. The summed E-state index contributed by atoms with van der Waals surface area (Å²) in [6.07, 6.45) is 0. The van der Waals surface area contributed by atoms with Gasteiger partial charge in [-0.15, -0.1) is 0 Å². The summed E-state index contributed by atoms with van der Waals surface area (Å²) in [7, 11) is 0. The molecule has 1 aliphatic rings. The molecule has 0 aliphatic heterocycles. The number of para-hydroxylation sites is 3. The van der Waals surface area contributed by atoms with E-state index in [9.17, 15) is 0 Å². The van der Waals surface area contributed by atoms with Gasteiger partial charge in [-0.3, -0.25) is 0 Å². The lowest BCUT2D eigenvalue weighted by Gasteiger charge is -2.22. The number of hydrogen-bond donors (Lipinski definition) is 0. The van der Waals surface area contributed by atoms with E-state index in [0.29, 0.717) is 0 Å². The van der Waals surface area contributed by atoms with Crippen molar-refractivity contribution in [1.82, 2.24) is 19.1 Å². The first-order valence-corrected chi connectivity index (χ1v) is 19.7. The largest absolute Gasteiger partial charge is 0.309 e. The minimum atomic E-state index is -0.0818. The zero-order valence-electron chi connectivity index (χ0n) is 31.6. The molecule has 1 aliphatic carbocycles. The molecule has 0 unspecified atom stereocenters. The third kappa shape index (κ3) is 4.62. The van der Waals surface area contributed by atoms with Crippen molar-refractivity contribution in [3.8, 4) is 45.1 Å². The van der Waals surface area contributed by atoms with E-state index in [1.807, 2.05) is 12.1 Å². The number of fused-ring (bicyclic) bond motifs is 10. The molecule has 0 bridgehead atoms. The molecule has 57 heavy (non-hydrogen) atoms. The third-order valence-corrected chi connectivity index (χ3v) is 12.3. The Balaban J connectivity index is 1.04. The van der Waals surface area contributed by atoms with Crippen LogP contribution < -0.4 is 0 Å². The third-order valence-electron chi connectivity index (χ3n) is 12.3. The molecular weight excluding hydrogens is 693 g/mol. The summed E-state index contributed by atoms with van der Waals surface area (Å²) in [4.78, 5) is 10.2. The van der Waals surface area contributed by atoms with Crippen LogP contribution in [0, 0.1) is 0 Å². The fraction of sp³-hybridized carbons (Fsp3) is 0.0566. The predicted molar refractivity (Wildman–Crippen MR) is 237 cm³/mol. The second-order valence-electron chi connectivity index (χ2n) is 15.8. The summed E-state index contributed by atoms with van der Waals surface area (Å²) in [5.41, 5.74) is 16.3. The molecule has 3 aromatic heterocycles. The smallest absolute Gasteiger partial charge is 0.160 e. The van der Waals surface area contributed by atoms with Crippen LogP contribution >= 0.6 is 0 Å². The van der Waals surface area contributed by atoms with Crippen LogP contribution in [-0.4, -0.2) is 19.1 Å². The lowest BCUT2D eigenvalue weighted by Crippen LogP contribution is -2.15. The highest BCUT2D eigenvalue weighted by Crippen LogP contribution is 2.50. The van der Waals surface area contributed by atoms with Crippen LogP contribution in [0.2, 0.25) is 0 Å². The van der Waals surface area contributed by atoms with E-state index in [4.69, 9.17) is 9.97 Å². The number of aromatic nitrogens is 4. The monoisotopic (exact) mass is 728 g/mol. The Labute approximate surface area is 329 Å². The minimum absolute atomic E-state index is 0.0818. The van der Waals surface area contributed by atoms with E-state index in [0.717, 1.165) is 39.2 Å². The van der Waals surface area contributed by atoms with E-state index < -0.39 is 0 Å². The van der Waals surface area contributed by atoms with Crippen LogP contribution in [0.5, 0.6) is 0 Å². The standard InChI is InChI=1S/C53H36N4/c1-53(2)44-20-10-6-16-37(44)38-29-28-36(30-45(38)53)57-48-23-13-9-18-40(48)43-31-49-42(32-50(43)57)39-17-8-12-22-47(39)56(49)35-26-24-34(25-27-35)52-54-46-21-11-7-19-41(46)51(55-52)33-14-4-3-5-15-33/h3-32H,1-2H3. The molecule has 0 fully saturated rings. The molecule has 11 aromatic rings. The first-order valence-electron chi connectivity index (χ1n) is 19.7. The molecular formula is C53H36N4. The van der Waals surface area contributed by atoms with Gasteiger partial charge in [-0.2, -0.15) is 0 Å². The maximum atomic E-state index is 5.14. The van der Waals surface area contributed by atoms with Gasteiger partial charge in [0.15, 0.2) is 5.82 Å². The second-order valence-corrected chi connectivity index (χ2v) is 15.8. The maximum Gasteiger partial charge on any atom is 0.160 e. The SMILES string of the molecule is CC1(C)c2ccccc2-c2ccc(-n3c4ccccc4c4cc5c(cc43)c3ccccc3n5-c3ccc(-c4nc(-c5ccccc5)c5ccccc5n4)cc3)cc21. The van der Waals surface area contributed by atoms with Gasteiger partial charge in [0.25, 0.3) is 0 Å². The normalized spacial score (nSPS) is 13.2. The second kappa shape index (κ2) is 11.8. The van der Waals surface area contributed by atoms with E-state index >= 15 is 0 Å². The lowest BCUT2D eigenvalue weighted by atomic mass is 9.82. The van der Waals surface area contributed by atoms with Crippen molar-refractivity contribution >= 4 is 54.5 Å². The van der Waals surface area contributed by atoms with Crippen molar-refractivity contribution in [1.29, 1.82) is 0 Å². The first-order chi connectivity index (χ1) is 28.0. The molecule has 0 atom stereocenters. The molecule has 0 saturated carbocycles. The van der Waals surface area contributed by atoms with Crippen molar-refractivity contribution in [3.63, 3.8) is 0 Å². The zero-order chi connectivity index (χ0) is 37.8. The highest BCUT2D eigenvalue weighted by atomic mass is 15.0. The first kappa shape index (κ1) is 32.0. The number of hydrogen-bond acceptors (Lipinski definition) is 2. The summed E-state index contributed by atoms with van der Waals surface area (Å²) < 4.78 is 4.88. The topological polar surface area (TPSA) is 35.6 Å². The molecule has 268 valence electrons. The van der Waals surface area contributed by atoms with E-state index in [2.05, 4.69) is 193 Å². The zero-order valence-corrected chi connectivity index (χ0v) is 31.6. The number of nitrogens with zero attached hydrogens (tertiary/aromatic N) is 4. The molecule has 12 rings (SSSR count). The average Bonchev–Trinajstić information content (AvgIpc) is 3.85. The van der Waals surface area contributed by atoms with Gasteiger partial charge < -0.3 is 9.13 Å². The van der Waals surface area contributed by atoms with Gasteiger partial charge in [-0.1, -0.05) is 129 Å². The van der Waals surface area contributed by atoms with Crippen LogP contribution in [0.4, 0.5) is 0 Å². The average molecular weight is 729 g/mol. The Hall–Kier alpha value is -7.30. The minimum Gasteiger partial charge on any atom is -0.309 e. The van der Waals surface area contributed by atoms with Gasteiger partial charge in [0.2, 0.25) is 0 Å². The molecule has 8 aromatic carbocycles. The number of rotatable bonds is 4. The van der Waals surface area contributed by atoms with Crippen LogP contribution in [0.25, 0.3) is 99.7 Å². The fourth-order valence-electron chi connectivity index (χ4n) is 9.60. The summed E-state index contributed by atoms with van der Waals surface area (Å²) in [5, 5.41) is 5.98. The van der Waals surface area contributed by atoms with Crippen molar-refractivity contribution in [2.24, 2.45) is 0 Å². The highest BCUT2D eigenvalue weighted by Gasteiger charge is 2.35. The number of benzene rings is 8. The van der Waals surface area contributed by atoms with Gasteiger partial charge in [0.1, 0.15) is 0 Å². The molecule has 0 N–H and O–H groups in total. The van der Waals surface area contributed by atoms with Gasteiger partial charge in [-0.25, -0.2) is 9.97 Å². The Morgan fingerprint density at radius 2 is 0.947 bits per heavy atom. The summed E-state index contributed by atoms with van der Waals surface area (Å²) in [5.74, 6) is 0.717. The summed E-state index contributed by atoms with van der Waals surface area (Å²) in [6.45, 7) is 4.71. The van der Waals surface area contributed by atoms with Crippen LogP contribution in [0.15, 0.2) is 182 Å². The Bertz CT molecular complexity index is 3420. The van der Waals surface area contributed by atoms with Gasteiger partial charge >= 0.3 is 0 Å². The van der Waals surface area contributed by atoms with Crippen molar-refractivity contribution in [2.45, 2.75) is 19.3 Å². The maximum absolute atomic E-state index is 5.14. The van der Waals surface area contributed by atoms with Crippen LogP contribution in [-0.2, 0) is 5.41 Å². The highest BCUT2D eigenvalue weighted by molar-refractivity contribution is 6.19. The fourth-order valence-corrected chi connectivity index (χ4v) is 9.60. The molecule has 0 spiro atoms. The predicted octanol–water partition coefficient (Wildman–Crippen LogP) is 13.5. The lowest BCUT2D eigenvalue weighted by molar-refractivity contribution is 0.660. The molecule has 0 radical (unpaired) electrons. The van der Waals surface area contributed by atoms with Gasteiger partial charge in [0, 0.05) is 54.8 Å². The van der Waals surface area contributed by atoms with Crippen molar-refractivity contribution < 1.29 is 0 Å². The van der Waals surface area contributed by atoms with Crippen LogP contribution in [0.1, 0.15) is 25.0 Å². The molecule has 0 amide bonds.